The van der Waals surface area contributed by atoms with Crippen LogP contribution < -0.4 is 19.7 Å². The molecule has 0 atom stereocenters. The number of carbonyl (C=O) groups is 1. The van der Waals surface area contributed by atoms with Crippen LogP contribution in [0.1, 0.15) is 18.4 Å². The molecule has 0 bridgehead atoms. The molecule has 3 rings (SSSR count). The molecule has 6 heteroatoms. The third-order valence-corrected chi connectivity index (χ3v) is 4.86. The van der Waals surface area contributed by atoms with Crippen LogP contribution in [0.15, 0.2) is 36.4 Å². The average Bonchev–Trinajstić information content (AvgIpc) is 2.67. The van der Waals surface area contributed by atoms with Crippen LogP contribution in [0.3, 0.4) is 0 Å². The van der Waals surface area contributed by atoms with E-state index in [0.717, 1.165) is 19.4 Å². The minimum atomic E-state index is -0.0734. The standard InChI is InChI=1S/C20H23ClN2O3/c1-25-18-13-16(19(26-2)12-15(18)21)22-20(24)9-11-23-10-5-7-14-6-3-4-8-17(14)23/h3-4,6,8,12-13H,5,7,9-11H2,1-2H3,(H,22,24). The summed E-state index contributed by atoms with van der Waals surface area (Å²) in [5.74, 6) is 0.927. The van der Waals surface area contributed by atoms with Crippen molar-refractivity contribution in [1.29, 1.82) is 0 Å². The van der Waals surface area contributed by atoms with E-state index in [1.165, 1.54) is 18.4 Å². The molecule has 1 heterocycles. The largest absolute Gasteiger partial charge is 0.495 e. The summed E-state index contributed by atoms with van der Waals surface area (Å²) in [5.41, 5.74) is 3.14. The molecule has 26 heavy (non-hydrogen) atoms. The van der Waals surface area contributed by atoms with Crippen LogP contribution in [-0.2, 0) is 11.2 Å². The van der Waals surface area contributed by atoms with Crippen molar-refractivity contribution >= 4 is 28.9 Å². The highest BCUT2D eigenvalue weighted by atomic mass is 35.5. The lowest BCUT2D eigenvalue weighted by atomic mass is 10.0. The number of nitrogens with one attached hydrogen (secondary N) is 1. The smallest absolute Gasteiger partial charge is 0.226 e. The number of rotatable bonds is 6. The summed E-state index contributed by atoms with van der Waals surface area (Å²) < 4.78 is 10.5. The van der Waals surface area contributed by atoms with Crippen LogP contribution in [-0.4, -0.2) is 33.2 Å². The quantitative estimate of drug-likeness (QED) is 0.825. The van der Waals surface area contributed by atoms with Crippen LogP contribution in [0.5, 0.6) is 11.5 Å². The summed E-state index contributed by atoms with van der Waals surface area (Å²) >= 11 is 6.10. The van der Waals surface area contributed by atoms with E-state index < -0.39 is 0 Å². The van der Waals surface area contributed by atoms with Gasteiger partial charge in [0.1, 0.15) is 11.5 Å². The zero-order valence-electron chi connectivity index (χ0n) is 15.0. The highest BCUT2D eigenvalue weighted by molar-refractivity contribution is 6.32. The van der Waals surface area contributed by atoms with Gasteiger partial charge in [-0.25, -0.2) is 0 Å². The number of nitrogens with zero attached hydrogens (tertiary/aromatic N) is 1. The lowest BCUT2D eigenvalue weighted by molar-refractivity contribution is -0.116. The minimum Gasteiger partial charge on any atom is -0.495 e. The molecule has 0 unspecified atom stereocenters. The predicted octanol–water partition coefficient (Wildman–Crippen LogP) is 4.14. The van der Waals surface area contributed by atoms with Crippen LogP contribution in [0.2, 0.25) is 5.02 Å². The van der Waals surface area contributed by atoms with Crippen LogP contribution in [0.4, 0.5) is 11.4 Å². The van der Waals surface area contributed by atoms with Crippen molar-refractivity contribution in [3.05, 3.63) is 47.0 Å². The molecule has 0 fully saturated rings. The lowest BCUT2D eigenvalue weighted by Crippen LogP contribution is -2.32. The molecule has 2 aromatic rings. The number of para-hydroxylation sites is 1. The fourth-order valence-electron chi connectivity index (χ4n) is 3.25. The number of carbonyl (C=O) groups excluding carboxylic acids is 1. The van der Waals surface area contributed by atoms with Gasteiger partial charge in [0.2, 0.25) is 5.91 Å². The molecule has 0 saturated heterocycles. The maximum absolute atomic E-state index is 12.5. The van der Waals surface area contributed by atoms with Gasteiger partial charge in [0, 0.05) is 37.3 Å². The van der Waals surface area contributed by atoms with Gasteiger partial charge in [0.25, 0.3) is 0 Å². The second-order valence-electron chi connectivity index (χ2n) is 6.20. The second kappa shape index (κ2) is 8.32. The van der Waals surface area contributed by atoms with Crippen molar-refractivity contribution in [2.24, 2.45) is 0 Å². The molecular formula is C20H23ClN2O3. The van der Waals surface area contributed by atoms with E-state index >= 15 is 0 Å². The SMILES string of the molecule is COc1cc(NC(=O)CCN2CCCc3ccccc32)c(OC)cc1Cl. The average molecular weight is 375 g/mol. The van der Waals surface area contributed by atoms with Gasteiger partial charge < -0.3 is 19.7 Å². The molecule has 1 amide bonds. The molecule has 0 saturated carbocycles. The van der Waals surface area contributed by atoms with Gasteiger partial charge in [-0.05, 0) is 24.5 Å². The van der Waals surface area contributed by atoms with Crippen molar-refractivity contribution in [2.75, 3.05) is 37.5 Å². The highest BCUT2D eigenvalue weighted by Gasteiger charge is 2.18. The number of hydrogen-bond acceptors (Lipinski definition) is 4. The highest BCUT2D eigenvalue weighted by Crippen LogP contribution is 2.36. The number of halogens is 1. The third kappa shape index (κ3) is 4.05. The Morgan fingerprint density at radius 3 is 2.73 bits per heavy atom. The normalized spacial score (nSPS) is 13.1. The summed E-state index contributed by atoms with van der Waals surface area (Å²) in [4.78, 5) is 14.7. The van der Waals surface area contributed by atoms with Gasteiger partial charge in [0.15, 0.2) is 0 Å². The van der Waals surface area contributed by atoms with Crippen molar-refractivity contribution < 1.29 is 14.3 Å². The van der Waals surface area contributed by atoms with E-state index in [9.17, 15) is 4.79 Å². The zero-order chi connectivity index (χ0) is 18.5. The molecule has 2 aromatic carbocycles. The lowest BCUT2D eigenvalue weighted by Gasteiger charge is -2.31. The van der Waals surface area contributed by atoms with Crippen molar-refractivity contribution in [1.82, 2.24) is 0 Å². The summed E-state index contributed by atoms with van der Waals surface area (Å²) in [6.07, 6.45) is 2.60. The van der Waals surface area contributed by atoms with E-state index in [2.05, 4.69) is 28.4 Å². The maximum atomic E-state index is 12.5. The second-order valence-corrected chi connectivity index (χ2v) is 6.61. The Hall–Kier alpha value is -2.40. The third-order valence-electron chi connectivity index (χ3n) is 4.56. The number of fused-ring (bicyclic) bond motifs is 1. The first-order chi connectivity index (χ1) is 12.6. The summed E-state index contributed by atoms with van der Waals surface area (Å²) in [6.45, 7) is 1.65. The number of ether oxygens (including phenoxy) is 2. The van der Waals surface area contributed by atoms with Gasteiger partial charge >= 0.3 is 0 Å². The zero-order valence-corrected chi connectivity index (χ0v) is 15.8. The first-order valence-corrected chi connectivity index (χ1v) is 9.04. The molecule has 5 nitrogen and oxygen atoms in total. The van der Waals surface area contributed by atoms with E-state index in [1.807, 2.05) is 6.07 Å². The van der Waals surface area contributed by atoms with Gasteiger partial charge in [-0.15, -0.1) is 0 Å². The van der Waals surface area contributed by atoms with Crippen molar-refractivity contribution in [2.45, 2.75) is 19.3 Å². The van der Waals surface area contributed by atoms with Crippen molar-refractivity contribution in [3.8, 4) is 11.5 Å². The minimum absolute atomic E-state index is 0.0734. The number of anilines is 2. The van der Waals surface area contributed by atoms with E-state index in [1.54, 1.807) is 19.2 Å². The van der Waals surface area contributed by atoms with Gasteiger partial charge in [-0.1, -0.05) is 29.8 Å². The molecule has 138 valence electrons. The molecule has 1 N–H and O–H groups in total. The topological polar surface area (TPSA) is 50.8 Å². The fraction of sp³-hybridized carbons (Fsp3) is 0.350. The first kappa shape index (κ1) is 18.4. The number of hydrogen-bond donors (Lipinski definition) is 1. The Morgan fingerprint density at radius 2 is 1.96 bits per heavy atom. The Labute approximate surface area is 158 Å². The van der Waals surface area contributed by atoms with Crippen molar-refractivity contribution in [3.63, 3.8) is 0 Å². The van der Waals surface area contributed by atoms with Crippen LogP contribution >= 0.6 is 11.6 Å². The summed E-state index contributed by atoms with van der Waals surface area (Å²) in [5, 5.41) is 3.33. The Kier molecular flexibility index (Phi) is 5.89. The molecule has 1 aliphatic rings. The Morgan fingerprint density at radius 1 is 1.19 bits per heavy atom. The van der Waals surface area contributed by atoms with Gasteiger partial charge in [-0.3, -0.25) is 4.79 Å². The van der Waals surface area contributed by atoms with Gasteiger partial charge in [0.05, 0.1) is 24.9 Å². The number of benzene rings is 2. The monoisotopic (exact) mass is 374 g/mol. The molecule has 1 aliphatic heterocycles. The van der Waals surface area contributed by atoms with E-state index in [4.69, 9.17) is 21.1 Å². The number of amides is 1. The molecule has 0 spiro atoms. The Balaban J connectivity index is 1.65. The fourth-order valence-corrected chi connectivity index (χ4v) is 3.48. The molecule has 0 aromatic heterocycles. The molecular weight excluding hydrogens is 352 g/mol. The molecule has 0 radical (unpaired) electrons. The maximum Gasteiger partial charge on any atom is 0.226 e. The molecule has 0 aliphatic carbocycles. The van der Waals surface area contributed by atoms with Crippen LogP contribution in [0, 0.1) is 0 Å². The van der Waals surface area contributed by atoms with Crippen LogP contribution in [0.25, 0.3) is 0 Å². The predicted molar refractivity (Wildman–Crippen MR) is 105 cm³/mol. The number of aryl methyl sites for hydroxylation is 1. The van der Waals surface area contributed by atoms with Gasteiger partial charge in [-0.2, -0.15) is 0 Å². The van der Waals surface area contributed by atoms with E-state index in [0.29, 0.717) is 35.2 Å². The van der Waals surface area contributed by atoms with E-state index in [-0.39, 0.29) is 5.91 Å². The number of methoxy groups -OCH3 is 2. The summed E-state index contributed by atoms with van der Waals surface area (Å²) in [7, 11) is 3.07. The first-order valence-electron chi connectivity index (χ1n) is 8.66. The Bertz CT molecular complexity index is 795. The summed E-state index contributed by atoms with van der Waals surface area (Å²) in [6, 6.07) is 11.7.